The van der Waals surface area contributed by atoms with Gasteiger partial charge in [0, 0.05) is 5.02 Å². The summed E-state index contributed by atoms with van der Waals surface area (Å²) in [4.78, 5) is 12.0. The fraction of sp³-hybridized carbons (Fsp3) is 0. The van der Waals surface area contributed by atoms with Crippen molar-refractivity contribution in [3.8, 4) is 0 Å². The van der Waals surface area contributed by atoms with Gasteiger partial charge in [-0.25, -0.2) is 4.39 Å². The van der Waals surface area contributed by atoms with Gasteiger partial charge in [0.1, 0.15) is 5.82 Å². The second kappa shape index (κ2) is 5.78. The average Bonchev–Trinajstić information content (AvgIpc) is 2.32. The Bertz CT molecular complexity index is 626. The molecule has 0 aliphatic rings. The standard InChI is InChI=1S/C13H7Cl3FNO/c14-7-4-5-11(10(17)6-7)18-13(19)12-8(15)2-1-3-9(12)16/h1-6H,(H,18,19). The first kappa shape index (κ1) is 14.1. The molecule has 0 aliphatic heterocycles. The lowest BCUT2D eigenvalue weighted by Crippen LogP contribution is -2.14. The number of anilines is 1. The van der Waals surface area contributed by atoms with Crippen molar-refractivity contribution in [3.63, 3.8) is 0 Å². The van der Waals surface area contributed by atoms with Crippen LogP contribution >= 0.6 is 34.8 Å². The number of nitrogens with one attached hydrogen (secondary N) is 1. The van der Waals surface area contributed by atoms with Crippen molar-refractivity contribution in [3.05, 3.63) is 62.8 Å². The Morgan fingerprint density at radius 2 is 1.68 bits per heavy atom. The van der Waals surface area contributed by atoms with Crippen LogP contribution in [0.4, 0.5) is 10.1 Å². The number of amides is 1. The molecule has 19 heavy (non-hydrogen) atoms. The minimum absolute atomic E-state index is 0.00499. The number of halogens is 4. The summed E-state index contributed by atoms with van der Waals surface area (Å²) in [6.07, 6.45) is 0. The molecule has 98 valence electrons. The van der Waals surface area contributed by atoms with Gasteiger partial charge in [-0.05, 0) is 30.3 Å². The zero-order valence-electron chi connectivity index (χ0n) is 9.38. The maximum Gasteiger partial charge on any atom is 0.258 e. The van der Waals surface area contributed by atoms with Crippen molar-refractivity contribution in [1.29, 1.82) is 0 Å². The topological polar surface area (TPSA) is 29.1 Å². The Hall–Kier alpha value is -1.29. The third-order valence-corrected chi connectivity index (χ3v) is 3.23. The Kier molecular flexibility index (Phi) is 4.30. The Morgan fingerprint density at radius 3 is 2.26 bits per heavy atom. The lowest BCUT2D eigenvalue weighted by Gasteiger charge is -2.09. The SMILES string of the molecule is O=C(Nc1ccc(Cl)cc1F)c1c(Cl)cccc1Cl. The second-order valence-electron chi connectivity index (χ2n) is 3.67. The van der Waals surface area contributed by atoms with Crippen molar-refractivity contribution in [2.75, 3.05) is 5.32 Å². The van der Waals surface area contributed by atoms with E-state index in [1.54, 1.807) is 6.07 Å². The van der Waals surface area contributed by atoms with Crippen LogP contribution in [0.15, 0.2) is 36.4 Å². The van der Waals surface area contributed by atoms with Crippen LogP contribution < -0.4 is 5.32 Å². The molecule has 0 bridgehead atoms. The Morgan fingerprint density at radius 1 is 1.05 bits per heavy atom. The molecular formula is C13H7Cl3FNO. The van der Waals surface area contributed by atoms with Gasteiger partial charge in [-0.3, -0.25) is 4.79 Å². The minimum Gasteiger partial charge on any atom is -0.319 e. The molecule has 0 aliphatic carbocycles. The van der Waals surface area contributed by atoms with Crippen LogP contribution in [0.1, 0.15) is 10.4 Å². The summed E-state index contributed by atoms with van der Waals surface area (Å²) in [5, 5.41) is 3.02. The van der Waals surface area contributed by atoms with E-state index >= 15 is 0 Å². The molecule has 0 aromatic heterocycles. The highest BCUT2D eigenvalue weighted by Gasteiger charge is 2.16. The molecule has 1 N–H and O–H groups in total. The van der Waals surface area contributed by atoms with Crippen LogP contribution in [0.3, 0.4) is 0 Å². The van der Waals surface area contributed by atoms with Crippen LogP contribution in [0.25, 0.3) is 0 Å². The summed E-state index contributed by atoms with van der Waals surface area (Å²) >= 11 is 17.4. The van der Waals surface area contributed by atoms with E-state index in [1.807, 2.05) is 0 Å². The number of hydrogen-bond donors (Lipinski definition) is 1. The van der Waals surface area contributed by atoms with Crippen molar-refractivity contribution in [2.24, 2.45) is 0 Å². The summed E-state index contributed by atoms with van der Waals surface area (Å²) in [7, 11) is 0. The maximum atomic E-state index is 13.6. The molecule has 0 fully saturated rings. The number of carbonyl (C=O) groups excluding carboxylic acids is 1. The van der Waals surface area contributed by atoms with Gasteiger partial charge in [-0.2, -0.15) is 0 Å². The highest BCUT2D eigenvalue weighted by atomic mass is 35.5. The van der Waals surface area contributed by atoms with Gasteiger partial charge in [0.2, 0.25) is 0 Å². The maximum absolute atomic E-state index is 13.6. The lowest BCUT2D eigenvalue weighted by atomic mass is 10.2. The second-order valence-corrected chi connectivity index (χ2v) is 4.93. The summed E-state index contributed by atoms with van der Waals surface area (Å²) < 4.78 is 13.6. The van der Waals surface area contributed by atoms with Gasteiger partial charge >= 0.3 is 0 Å². The summed E-state index contributed by atoms with van der Waals surface area (Å²) in [5.74, 6) is -1.22. The van der Waals surface area contributed by atoms with Crippen LogP contribution in [-0.4, -0.2) is 5.91 Å². The van der Waals surface area contributed by atoms with Gasteiger partial charge < -0.3 is 5.32 Å². The van der Waals surface area contributed by atoms with E-state index in [-0.39, 0.29) is 26.3 Å². The van der Waals surface area contributed by atoms with Crippen molar-refractivity contribution >= 4 is 46.4 Å². The van der Waals surface area contributed by atoms with Gasteiger partial charge in [0.15, 0.2) is 0 Å². The van der Waals surface area contributed by atoms with Crippen LogP contribution in [0.5, 0.6) is 0 Å². The van der Waals surface area contributed by atoms with E-state index in [0.29, 0.717) is 0 Å². The van der Waals surface area contributed by atoms with Gasteiger partial charge in [-0.1, -0.05) is 40.9 Å². The first-order chi connectivity index (χ1) is 8.99. The predicted molar refractivity (Wildman–Crippen MR) is 75.8 cm³/mol. The Labute approximate surface area is 124 Å². The zero-order valence-corrected chi connectivity index (χ0v) is 11.7. The number of rotatable bonds is 2. The van der Waals surface area contributed by atoms with Gasteiger partial charge in [0.25, 0.3) is 5.91 Å². The zero-order chi connectivity index (χ0) is 14.0. The highest BCUT2D eigenvalue weighted by Crippen LogP contribution is 2.26. The first-order valence-corrected chi connectivity index (χ1v) is 6.33. The summed E-state index contributed by atoms with van der Waals surface area (Å²) in [5.41, 5.74) is 0.102. The largest absolute Gasteiger partial charge is 0.319 e. The summed E-state index contributed by atoms with van der Waals surface area (Å²) in [6.45, 7) is 0. The molecule has 6 heteroatoms. The molecule has 0 unspecified atom stereocenters. The molecule has 2 aromatic carbocycles. The smallest absolute Gasteiger partial charge is 0.258 e. The molecule has 0 saturated heterocycles. The van der Waals surface area contributed by atoms with Crippen LogP contribution in [0.2, 0.25) is 15.1 Å². The third kappa shape index (κ3) is 3.18. The third-order valence-electron chi connectivity index (χ3n) is 2.37. The molecular weight excluding hydrogens is 312 g/mol. The molecule has 0 spiro atoms. The lowest BCUT2D eigenvalue weighted by molar-refractivity contribution is 0.102. The minimum atomic E-state index is -0.635. The number of benzene rings is 2. The Balaban J connectivity index is 2.31. The number of hydrogen-bond acceptors (Lipinski definition) is 1. The molecule has 0 heterocycles. The predicted octanol–water partition coefficient (Wildman–Crippen LogP) is 5.04. The van der Waals surface area contributed by atoms with Crippen LogP contribution in [-0.2, 0) is 0 Å². The van der Waals surface area contributed by atoms with E-state index in [9.17, 15) is 9.18 Å². The quantitative estimate of drug-likeness (QED) is 0.826. The molecule has 1 amide bonds. The summed E-state index contributed by atoms with van der Waals surface area (Å²) in [6, 6.07) is 8.60. The molecule has 2 nitrogen and oxygen atoms in total. The van der Waals surface area contributed by atoms with E-state index in [1.165, 1.54) is 24.3 Å². The van der Waals surface area contributed by atoms with Crippen molar-refractivity contribution in [2.45, 2.75) is 0 Å². The van der Waals surface area contributed by atoms with Gasteiger partial charge in [0.05, 0.1) is 21.3 Å². The average molecular weight is 319 g/mol. The van der Waals surface area contributed by atoms with Crippen LogP contribution in [0, 0.1) is 5.82 Å². The van der Waals surface area contributed by atoms with E-state index in [0.717, 1.165) is 6.07 Å². The van der Waals surface area contributed by atoms with Gasteiger partial charge in [-0.15, -0.1) is 0 Å². The highest BCUT2D eigenvalue weighted by molar-refractivity contribution is 6.40. The fourth-order valence-electron chi connectivity index (χ4n) is 1.49. The molecule has 0 radical (unpaired) electrons. The monoisotopic (exact) mass is 317 g/mol. The first-order valence-electron chi connectivity index (χ1n) is 5.19. The molecule has 2 aromatic rings. The number of carbonyl (C=O) groups is 1. The van der Waals surface area contributed by atoms with E-state index in [2.05, 4.69) is 5.32 Å². The fourth-order valence-corrected chi connectivity index (χ4v) is 2.22. The van der Waals surface area contributed by atoms with E-state index in [4.69, 9.17) is 34.8 Å². The van der Waals surface area contributed by atoms with Crippen molar-refractivity contribution < 1.29 is 9.18 Å². The van der Waals surface area contributed by atoms with E-state index < -0.39 is 11.7 Å². The molecule has 0 atom stereocenters. The molecule has 0 saturated carbocycles. The normalized spacial score (nSPS) is 10.3. The molecule has 2 rings (SSSR count). The van der Waals surface area contributed by atoms with Crippen molar-refractivity contribution in [1.82, 2.24) is 0 Å².